The van der Waals surface area contributed by atoms with E-state index in [0.29, 0.717) is 5.69 Å². The molecular weight excluding hydrogens is 258 g/mol. The van der Waals surface area contributed by atoms with Gasteiger partial charge in [0.2, 0.25) is 0 Å². The Morgan fingerprint density at radius 1 is 1.25 bits per heavy atom. The van der Waals surface area contributed by atoms with Crippen molar-refractivity contribution in [2.45, 2.75) is 6.92 Å². The lowest BCUT2D eigenvalue weighted by Crippen LogP contribution is -2.15. The van der Waals surface area contributed by atoms with Crippen LogP contribution < -0.4 is 11.1 Å². The fraction of sp³-hybridized carbons (Fsp3) is 0.0714. The summed E-state index contributed by atoms with van der Waals surface area (Å²) in [5.41, 5.74) is 7.34. The van der Waals surface area contributed by atoms with E-state index in [4.69, 9.17) is 5.73 Å². The van der Waals surface area contributed by atoms with E-state index in [1.165, 1.54) is 18.2 Å². The van der Waals surface area contributed by atoms with Gasteiger partial charge in [0.05, 0.1) is 10.5 Å². The van der Waals surface area contributed by atoms with Crippen molar-refractivity contribution in [2.75, 3.05) is 11.1 Å². The van der Waals surface area contributed by atoms with Crippen LogP contribution in [-0.2, 0) is 0 Å². The topological polar surface area (TPSA) is 98.3 Å². The normalized spacial score (nSPS) is 10.1. The van der Waals surface area contributed by atoms with Gasteiger partial charge in [-0.05, 0) is 24.6 Å². The third-order valence-corrected chi connectivity index (χ3v) is 2.89. The number of nitrogen functional groups attached to an aromatic ring is 1. The molecule has 3 N–H and O–H groups in total. The highest BCUT2D eigenvalue weighted by Crippen LogP contribution is 2.22. The molecule has 0 saturated carbocycles. The molecule has 0 aliphatic heterocycles. The van der Waals surface area contributed by atoms with Gasteiger partial charge >= 0.3 is 0 Å². The molecule has 0 heterocycles. The minimum absolute atomic E-state index is 0.0856. The molecule has 102 valence electrons. The molecule has 6 nitrogen and oxygen atoms in total. The van der Waals surface area contributed by atoms with Gasteiger partial charge in [-0.1, -0.05) is 18.2 Å². The Morgan fingerprint density at radius 2 is 1.95 bits per heavy atom. The van der Waals surface area contributed by atoms with E-state index in [2.05, 4.69) is 5.32 Å². The van der Waals surface area contributed by atoms with Crippen LogP contribution in [0, 0.1) is 17.0 Å². The molecule has 0 aliphatic carbocycles. The maximum absolute atomic E-state index is 12.1. The maximum Gasteiger partial charge on any atom is 0.270 e. The van der Waals surface area contributed by atoms with Crippen molar-refractivity contribution in [1.82, 2.24) is 0 Å². The van der Waals surface area contributed by atoms with Gasteiger partial charge in [0.15, 0.2) is 0 Å². The van der Waals surface area contributed by atoms with Gasteiger partial charge in [0.25, 0.3) is 11.6 Å². The van der Waals surface area contributed by atoms with Crippen molar-refractivity contribution in [3.8, 4) is 0 Å². The largest absolute Gasteiger partial charge is 0.398 e. The Hall–Kier alpha value is -2.89. The lowest BCUT2D eigenvalue weighted by molar-refractivity contribution is -0.384. The number of aryl methyl sites for hydroxylation is 1. The molecule has 2 aromatic rings. The fourth-order valence-corrected chi connectivity index (χ4v) is 1.76. The first-order valence-corrected chi connectivity index (χ1v) is 5.90. The van der Waals surface area contributed by atoms with E-state index in [1.807, 2.05) is 19.1 Å². The van der Waals surface area contributed by atoms with E-state index >= 15 is 0 Å². The number of benzene rings is 2. The molecule has 0 atom stereocenters. The SMILES string of the molecule is Cc1ccccc1NC(=O)c1cc([N+](=O)[O-])ccc1N. The van der Waals surface area contributed by atoms with Gasteiger partial charge in [-0.25, -0.2) is 0 Å². The zero-order valence-electron chi connectivity index (χ0n) is 10.8. The number of nitrogens with two attached hydrogens (primary N) is 1. The van der Waals surface area contributed by atoms with Gasteiger partial charge in [-0.2, -0.15) is 0 Å². The van der Waals surface area contributed by atoms with Crippen molar-refractivity contribution in [3.05, 3.63) is 63.7 Å². The molecular formula is C14H13N3O3. The summed E-state index contributed by atoms with van der Waals surface area (Å²) in [6.45, 7) is 1.85. The summed E-state index contributed by atoms with van der Waals surface area (Å²) in [4.78, 5) is 22.3. The van der Waals surface area contributed by atoms with E-state index in [0.717, 1.165) is 5.56 Å². The highest BCUT2D eigenvalue weighted by molar-refractivity contribution is 6.08. The lowest BCUT2D eigenvalue weighted by Gasteiger charge is -2.09. The number of carbonyl (C=O) groups excluding carboxylic acids is 1. The highest BCUT2D eigenvalue weighted by Gasteiger charge is 2.15. The zero-order chi connectivity index (χ0) is 14.7. The van der Waals surface area contributed by atoms with E-state index < -0.39 is 10.8 Å². The van der Waals surface area contributed by atoms with Crippen LogP contribution in [-0.4, -0.2) is 10.8 Å². The number of nitrogens with one attached hydrogen (secondary N) is 1. The van der Waals surface area contributed by atoms with Gasteiger partial charge < -0.3 is 11.1 Å². The Bertz CT molecular complexity index is 683. The number of hydrogen-bond donors (Lipinski definition) is 2. The third-order valence-electron chi connectivity index (χ3n) is 2.89. The van der Waals surface area contributed by atoms with Crippen molar-refractivity contribution < 1.29 is 9.72 Å². The number of nitro benzene ring substituents is 1. The number of para-hydroxylation sites is 1. The predicted molar refractivity (Wildman–Crippen MR) is 76.6 cm³/mol. The first-order valence-electron chi connectivity index (χ1n) is 5.90. The number of carbonyl (C=O) groups is 1. The van der Waals surface area contributed by atoms with Crippen molar-refractivity contribution >= 4 is 23.0 Å². The number of anilines is 2. The molecule has 0 saturated heterocycles. The number of rotatable bonds is 3. The second-order valence-electron chi connectivity index (χ2n) is 4.30. The molecule has 20 heavy (non-hydrogen) atoms. The van der Waals surface area contributed by atoms with Crippen molar-refractivity contribution in [1.29, 1.82) is 0 Å². The third kappa shape index (κ3) is 2.74. The standard InChI is InChI=1S/C14H13N3O3/c1-9-4-2-3-5-13(9)16-14(18)11-8-10(17(19)20)6-7-12(11)15/h2-8H,15H2,1H3,(H,16,18). The second-order valence-corrected chi connectivity index (χ2v) is 4.30. The summed E-state index contributed by atoms with van der Waals surface area (Å²) in [5.74, 6) is -0.472. The van der Waals surface area contributed by atoms with Crippen LogP contribution in [0.3, 0.4) is 0 Å². The van der Waals surface area contributed by atoms with Gasteiger partial charge in [-0.15, -0.1) is 0 Å². The number of hydrogen-bond acceptors (Lipinski definition) is 4. The molecule has 6 heteroatoms. The van der Waals surface area contributed by atoms with Crippen LogP contribution in [0.15, 0.2) is 42.5 Å². The number of amides is 1. The minimum atomic E-state index is -0.565. The summed E-state index contributed by atoms with van der Waals surface area (Å²) in [7, 11) is 0. The molecule has 0 bridgehead atoms. The Kier molecular flexibility index (Phi) is 3.65. The van der Waals surface area contributed by atoms with Crippen LogP contribution in [0.4, 0.5) is 17.1 Å². The molecule has 0 spiro atoms. The predicted octanol–water partition coefficient (Wildman–Crippen LogP) is 2.74. The van der Waals surface area contributed by atoms with Crippen LogP contribution in [0.2, 0.25) is 0 Å². The highest BCUT2D eigenvalue weighted by atomic mass is 16.6. The number of nitrogens with zero attached hydrogens (tertiary/aromatic N) is 1. The average Bonchev–Trinajstić information content (AvgIpc) is 2.41. The van der Waals surface area contributed by atoms with Gasteiger partial charge in [0.1, 0.15) is 0 Å². The van der Waals surface area contributed by atoms with Crippen molar-refractivity contribution in [2.24, 2.45) is 0 Å². The second kappa shape index (κ2) is 5.40. The summed E-state index contributed by atoms with van der Waals surface area (Å²) in [6, 6.07) is 11.0. The van der Waals surface area contributed by atoms with Crippen LogP contribution >= 0.6 is 0 Å². The lowest BCUT2D eigenvalue weighted by atomic mass is 10.1. The van der Waals surface area contributed by atoms with E-state index in [1.54, 1.807) is 12.1 Å². The van der Waals surface area contributed by atoms with Gasteiger partial charge in [-0.3, -0.25) is 14.9 Å². The molecule has 2 aromatic carbocycles. The Balaban J connectivity index is 2.32. The molecule has 0 aromatic heterocycles. The number of nitro groups is 1. The molecule has 0 fully saturated rings. The first kappa shape index (κ1) is 13.5. The summed E-state index contributed by atoms with van der Waals surface area (Å²) in [6.07, 6.45) is 0. The molecule has 2 rings (SSSR count). The first-order chi connectivity index (χ1) is 9.49. The van der Waals surface area contributed by atoms with E-state index in [-0.39, 0.29) is 16.9 Å². The molecule has 0 aliphatic rings. The summed E-state index contributed by atoms with van der Waals surface area (Å²) in [5, 5.41) is 13.4. The van der Waals surface area contributed by atoms with E-state index in [9.17, 15) is 14.9 Å². The quantitative estimate of drug-likeness (QED) is 0.509. The summed E-state index contributed by atoms with van der Waals surface area (Å²) < 4.78 is 0. The van der Waals surface area contributed by atoms with Gasteiger partial charge in [0, 0.05) is 23.5 Å². The smallest absolute Gasteiger partial charge is 0.270 e. The van der Waals surface area contributed by atoms with Crippen LogP contribution in [0.5, 0.6) is 0 Å². The monoisotopic (exact) mass is 271 g/mol. The molecule has 0 radical (unpaired) electrons. The minimum Gasteiger partial charge on any atom is -0.398 e. The summed E-state index contributed by atoms with van der Waals surface area (Å²) >= 11 is 0. The molecule has 1 amide bonds. The maximum atomic E-state index is 12.1. The average molecular weight is 271 g/mol. The molecule has 0 unspecified atom stereocenters. The van der Waals surface area contributed by atoms with Crippen molar-refractivity contribution in [3.63, 3.8) is 0 Å². The Labute approximate surface area is 115 Å². The Morgan fingerprint density at radius 3 is 2.60 bits per heavy atom. The van der Waals surface area contributed by atoms with Crippen LogP contribution in [0.1, 0.15) is 15.9 Å². The van der Waals surface area contributed by atoms with Crippen LogP contribution in [0.25, 0.3) is 0 Å². The fourth-order valence-electron chi connectivity index (χ4n) is 1.76. The zero-order valence-corrected chi connectivity index (χ0v) is 10.8. The number of non-ortho nitro benzene ring substituents is 1.